The van der Waals surface area contributed by atoms with Crippen molar-refractivity contribution in [2.24, 2.45) is 0 Å². The highest BCUT2D eigenvalue weighted by molar-refractivity contribution is 8.18. The van der Waals surface area contributed by atoms with Gasteiger partial charge in [-0.05, 0) is 30.0 Å². The molecule has 1 aliphatic heterocycles. The molecule has 1 aromatic heterocycles. The summed E-state index contributed by atoms with van der Waals surface area (Å²) in [5.74, 6) is -0.268. The van der Waals surface area contributed by atoms with Crippen LogP contribution in [-0.4, -0.2) is 28.1 Å². The molecule has 0 N–H and O–H groups in total. The Bertz CT molecular complexity index is 442. The summed E-state index contributed by atoms with van der Waals surface area (Å²) >= 11 is 0.935. The van der Waals surface area contributed by atoms with Crippen LogP contribution in [0.2, 0.25) is 0 Å². The van der Waals surface area contributed by atoms with Gasteiger partial charge in [0.15, 0.2) is 0 Å². The molecular weight excluding hydrogens is 212 g/mol. The van der Waals surface area contributed by atoms with Crippen molar-refractivity contribution in [2.75, 3.05) is 7.05 Å². The molecule has 15 heavy (non-hydrogen) atoms. The zero-order valence-corrected chi connectivity index (χ0v) is 8.82. The standard InChI is InChI=1S/C10H8N2O2S/c1-12-9(13)8(15-10(12)14)6-7-4-2-3-5-11-7/h2-6H,1H3/b8-6-. The molecule has 0 bridgehead atoms. The van der Waals surface area contributed by atoms with Crippen LogP contribution in [0.15, 0.2) is 29.3 Å². The summed E-state index contributed by atoms with van der Waals surface area (Å²) in [7, 11) is 1.47. The Balaban J connectivity index is 2.30. The molecule has 2 rings (SSSR count). The van der Waals surface area contributed by atoms with Gasteiger partial charge in [-0.25, -0.2) is 0 Å². The molecule has 1 saturated heterocycles. The maximum atomic E-state index is 11.5. The summed E-state index contributed by atoms with van der Waals surface area (Å²) < 4.78 is 0. The lowest BCUT2D eigenvalue weighted by molar-refractivity contribution is -0.121. The molecule has 0 spiro atoms. The minimum Gasteiger partial charge on any atom is -0.272 e. The van der Waals surface area contributed by atoms with Crippen LogP contribution in [0.1, 0.15) is 5.69 Å². The molecule has 0 unspecified atom stereocenters. The van der Waals surface area contributed by atoms with Crippen LogP contribution in [0.3, 0.4) is 0 Å². The third-order valence-electron chi connectivity index (χ3n) is 1.95. The fourth-order valence-electron chi connectivity index (χ4n) is 1.14. The number of pyridine rings is 1. The van der Waals surface area contributed by atoms with Gasteiger partial charge in [0, 0.05) is 13.2 Å². The molecule has 0 radical (unpaired) electrons. The molecule has 0 aliphatic carbocycles. The van der Waals surface area contributed by atoms with Crippen LogP contribution in [-0.2, 0) is 4.79 Å². The first-order chi connectivity index (χ1) is 7.18. The van der Waals surface area contributed by atoms with Crippen molar-refractivity contribution in [1.29, 1.82) is 0 Å². The summed E-state index contributed by atoms with van der Waals surface area (Å²) in [5.41, 5.74) is 0.677. The van der Waals surface area contributed by atoms with E-state index in [0.717, 1.165) is 16.7 Å². The topological polar surface area (TPSA) is 50.3 Å². The van der Waals surface area contributed by atoms with Gasteiger partial charge in [-0.15, -0.1) is 0 Å². The van der Waals surface area contributed by atoms with Crippen LogP contribution in [0, 0.1) is 0 Å². The van der Waals surface area contributed by atoms with Gasteiger partial charge in [-0.3, -0.25) is 19.5 Å². The smallest absolute Gasteiger partial charge is 0.272 e. The van der Waals surface area contributed by atoms with Crippen molar-refractivity contribution in [1.82, 2.24) is 9.88 Å². The van der Waals surface area contributed by atoms with E-state index < -0.39 is 0 Å². The Morgan fingerprint density at radius 2 is 2.20 bits per heavy atom. The molecule has 0 aromatic carbocycles. The average Bonchev–Trinajstić information content (AvgIpc) is 2.48. The predicted molar refractivity (Wildman–Crippen MR) is 58.0 cm³/mol. The van der Waals surface area contributed by atoms with Crippen molar-refractivity contribution in [2.45, 2.75) is 0 Å². The first kappa shape index (κ1) is 9.92. The average molecular weight is 220 g/mol. The van der Waals surface area contributed by atoms with Crippen LogP contribution in [0.25, 0.3) is 6.08 Å². The quantitative estimate of drug-likeness (QED) is 0.676. The lowest BCUT2D eigenvalue weighted by Crippen LogP contribution is -2.22. The van der Waals surface area contributed by atoms with Gasteiger partial charge in [-0.2, -0.15) is 0 Å². The third-order valence-corrected chi connectivity index (χ3v) is 2.91. The lowest BCUT2D eigenvalue weighted by atomic mass is 10.3. The van der Waals surface area contributed by atoms with Gasteiger partial charge in [0.05, 0.1) is 10.6 Å². The molecule has 76 valence electrons. The Hall–Kier alpha value is -1.62. The van der Waals surface area contributed by atoms with E-state index in [4.69, 9.17) is 0 Å². The number of amides is 2. The Kier molecular flexibility index (Phi) is 2.55. The molecule has 2 amide bonds. The van der Waals surface area contributed by atoms with E-state index in [1.54, 1.807) is 24.4 Å². The van der Waals surface area contributed by atoms with Gasteiger partial charge in [0.25, 0.3) is 11.1 Å². The maximum Gasteiger partial charge on any atom is 0.293 e. The van der Waals surface area contributed by atoms with Crippen molar-refractivity contribution in [3.8, 4) is 0 Å². The predicted octanol–water partition coefficient (Wildman–Crippen LogP) is 1.75. The van der Waals surface area contributed by atoms with Crippen LogP contribution in [0.4, 0.5) is 4.79 Å². The van der Waals surface area contributed by atoms with Crippen molar-refractivity contribution >= 4 is 29.0 Å². The summed E-state index contributed by atoms with van der Waals surface area (Å²) in [6, 6.07) is 5.40. The second-order valence-corrected chi connectivity index (χ2v) is 3.99. The molecule has 0 atom stereocenters. The number of likely N-dealkylation sites (N-methyl/N-ethyl adjacent to an activating group) is 1. The number of carbonyl (C=O) groups excluding carboxylic acids is 2. The molecule has 1 aliphatic rings. The number of thioether (sulfide) groups is 1. The van der Waals surface area contributed by atoms with Crippen molar-refractivity contribution in [3.63, 3.8) is 0 Å². The minimum absolute atomic E-state index is 0.248. The molecule has 1 fully saturated rings. The molecule has 4 nitrogen and oxygen atoms in total. The minimum atomic E-state index is -0.268. The van der Waals surface area contributed by atoms with Crippen LogP contribution < -0.4 is 0 Å². The Morgan fingerprint density at radius 1 is 1.40 bits per heavy atom. The summed E-state index contributed by atoms with van der Waals surface area (Å²) in [5, 5.41) is -0.248. The summed E-state index contributed by atoms with van der Waals surface area (Å²) in [6.07, 6.45) is 3.26. The number of hydrogen-bond acceptors (Lipinski definition) is 4. The highest BCUT2D eigenvalue weighted by atomic mass is 32.2. The van der Waals surface area contributed by atoms with Crippen molar-refractivity contribution < 1.29 is 9.59 Å². The van der Waals surface area contributed by atoms with Crippen molar-refractivity contribution in [3.05, 3.63) is 35.0 Å². The van der Waals surface area contributed by atoms with Gasteiger partial charge >= 0.3 is 0 Å². The number of carbonyl (C=O) groups is 2. The zero-order chi connectivity index (χ0) is 10.8. The highest BCUT2D eigenvalue weighted by Crippen LogP contribution is 2.30. The second-order valence-electron chi connectivity index (χ2n) is 3.00. The fourth-order valence-corrected chi connectivity index (χ4v) is 1.95. The van der Waals surface area contributed by atoms with E-state index in [-0.39, 0.29) is 11.1 Å². The van der Waals surface area contributed by atoms with E-state index in [2.05, 4.69) is 4.98 Å². The largest absolute Gasteiger partial charge is 0.293 e. The third kappa shape index (κ3) is 1.92. The first-order valence-electron chi connectivity index (χ1n) is 4.31. The number of rotatable bonds is 1. The maximum absolute atomic E-state index is 11.5. The second kappa shape index (κ2) is 3.86. The number of aromatic nitrogens is 1. The Morgan fingerprint density at radius 3 is 2.73 bits per heavy atom. The number of nitrogens with zero attached hydrogens (tertiary/aromatic N) is 2. The fraction of sp³-hybridized carbons (Fsp3) is 0.100. The van der Waals surface area contributed by atoms with E-state index >= 15 is 0 Å². The number of hydrogen-bond donors (Lipinski definition) is 0. The summed E-state index contributed by atoms with van der Waals surface area (Å²) in [4.78, 5) is 28.3. The van der Waals surface area contributed by atoms with E-state index in [9.17, 15) is 9.59 Å². The molecule has 1 aromatic rings. The van der Waals surface area contributed by atoms with Gasteiger partial charge < -0.3 is 0 Å². The number of imide groups is 1. The van der Waals surface area contributed by atoms with Crippen LogP contribution in [0.5, 0.6) is 0 Å². The SMILES string of the molecule is CN1C(=O)S/C(=C\c2ccccn2)C1=O. The van der Waals surface area contributed by atoms with E-state index in [0.29, 0.717) is 10.6 Å². The summed E-state index contributed by atoms with van der Waals surface area (Å²) in [6.45, 7) is 0. The molecule has 5 heteroatoms. The lowest BCUT2D eigenvalue weighted by Gasteiger charge is -2.00. The Labute approximate surface area is 91.0 Å². The van der Waals surface area contributed by atoms with Gasteiger partial charge in [-0.1, -0.05) is 6.07 Å². The first-order valence-corrected chi connectivity index (χ1v) is 5.13. The van der Waals surface area contributed by atoms with E-state index in [1.807, 2.05) is 6.07 Å². The van der Waals surface area contributed by atoms with E-state index in [1.165, 1.54) is 7.05 Å². The van der Waals surface area contributed by atoms with Gasteiger partial charge in [0.2, 0.25) is 0 Å². The highest BCUT2D eigenvalue weighted by Gasteiger charge is 2.31. The van der Waals surface area contributed by atoms with Gasteiger partial charge in [0.1, 0.15) is 0 Å². The normalized spacial score (nSPS) is 19.0. The van der Waals surface area contributed by atoms with Crippen LogP contribution >= 0.6 is 11.8 Å². The molecule has 2 heterocycles. The molecular formula is C10H8N2O2S. The molecule has 0 saturated carbocycles. The zero-order valence-electron chi connectivity index (χ0n) is 8.01. The monoisotopic (exact) mass is 220 g/mol.